The Morgan fingerprint density at radius 1 is 1.44 bits per heavy atom. The predicted octanol–water partition coefficient (Wildman–Crippen LogP) is 2.33. The molecule has 18 heavy (non-hydrogen) atoms. The average molecular weight is 248 g/mol. The molecule has 0 bridgehead atoms. The van der Waals surface area contributed by atoms with Crippen molar-refractivity contribution < 1.29 is 4.74 Å². The first kappa shape index (κ1) is 13.4. The second kappa shape index (κ2) is 6.21. The zero-order valence-electron chi connectivity index (χ0n) is 11.7. The highest BCUT2D eigenvalue weighted by Crippen LogP contribution is 2.24. The molecule has 3 nitrogen and oxygen atoms in total. The van der Waals surface area contributed by atoms with Gasteiger partial charge in [-0.1, -0.05) is 13.0 Å². The Morgan fingerprint density at radius 3 is 2.89 bits per heavy atom. The zero-order valence-corrected chi connectivity index (χ0v) is 11.7. The summed E-state index contributed by atoms with van der Waals surface area (Å²) in [6.45, 7) is 8.43. The number of nitrogens with one attached hydrogen (secondary N) is 1. The molecule has 0 spiro atoms. The summed E-state index contributed by atoms with van der Waals surface area (Å²) in [5.74, 6) is 0. The van der Waals surface area contributed by atoms with E-state index in [9.17, 15) is 0 Å². The lowest BCUT2D eigenvalue weighted by Crippen LogP contribution is -2.22. The van der Waals surface area contributed by atoms with Gasteiger partial charge in [0.05, 0.1) is 6.10 Å². The van der Waals surface area contributed by atoms with Crippen molar-refractivity contribution in [2.75, 3.05) is 31.6 Å². The number of benzene rings is 1. The maximum absolute atomic E-state index is 5.42. The fraction of sp³-hybridized carbons (Fsp3) is 0.600. The van der Waals surface area contributed by atoms with E-state index < -0.39 is 0 Å². The van der Waals surface area contributed by atoms with Crippen LogP contribution in [0, 0.1) is 6.92 Å². The van der Waals surface area contributed by atoms with E-state index in [1.807, 2.05) is 0 Å². The fourth-order valence-corrected chi connectivity index (χ4v) is 2.49. The van der Waals surface area contributed by atoms with Crippen molar-refractivity contribution in [2.45, 2.75) is 32.9 Å². The monoisotopic (exact) mass is 248 g/mol. The summed E-state index contributed by atoms with van der Waals surface area (Å²) in [5, 5.41) is 3.38. The van der Waals surface area contributed by atoms with Crippen molar-refractivity contribution >= 4 is 5.69 Å². The molecule has 1 unspecified atom stereocenters. The summed E-state index contributed by atoms with van der Waals surface area (Å²) in [5.41, 5.74) is 4.09. The summed E-state index contributed by atoms with van der Waals surface area (Å²) in [4.78, 5) is 2.41. The van der Waals surface area contributed by atoms with Crippen LogP contribution in [0.1, 0.15) is 24.5 Å². The molecule has 0 saturated carbocycles. The fourth-order valence-electron chi connectivity index (χ4n) is 2.49. The number of methoxy groups -OCH3 is 1. The Balaban J connectivity index is 2.04. The van der Waals surface area contributed by atoms with E-state index in [-0.39, 0.29) is 0 Å². The average Bonchev–Trinajstić information content (AvgIpc) is 2.86. The highest BCUT2D eigenvalue weighted by atomic mass is 16.5. The van der Waals surface area contributed by atoms with E-state index in [2.05, 4.69) is 42.3 Å². The van der Waals surface area contributed by atoms with Gasteiger partial charge in [0.1, 0.15) is 0 Å². The van der Waals surface area contributed by atoms with Crippen LogP contribution in [0.3, 0.4) is 0 Å². The lowest BCUT2D eigenvalue weighted by Gasteiger charge is -2.20. The maximum atomic E-state index is 5.42. The van der Waals surface area contributed by atoms with Crippen LogP contribution in [-0.2, 0) is 11.3 Å². The maximum Gasteiger partial charge on any atom is 0.0762 e. The van der Waals surface area contributed by atoms with E-state index in [4.69, 9.17) is 4.74 Å². The van der Waals surface area contributed by atoms with E-state index in [1.165, 1.54) is 16.8 Å². The van der Waals surface area contributed by atoms with Crippen molar-refractivity contribution in [2.24, 2.45) is 0 Å². The van der Waals surface area contributed by atoms with E-state index in [0.29, 0.717) is 6.10 Å². The number of hydrogen-bond donors (Lipinski definition) is 1. The van der Waals surface area contributed by atoms with E-state index in [1.54, 1.807) is 7.11 Å². The Morgan fingerprint density at radius 2 is 2.28 bits per heavy atom. The lowest BCUT2D eigenvalue weighted by molar-refractivity contribution is 0.121. The molecule has 3 heteroatoms. The Hall–Kier alpha value is -1.06. The van der Waals surface area contributed by atoms with E-state index in [0.717, 1.165) is 32.6 Å². The third-order valence-corrected chi connectivity index (χ3v) is 3.74. The van der Waals surface area contributed by atoms with Crippen LogP contribution in [-0.4, -0.2) is 32.8 Å². The molecule has 2 rings (SSSR count). The summed E-state index contributed by atoms with van der Waals surface area (Å²) < 4.78 is 5.42. The van der Waals surface area contributed by atoms with Crippen molar-refractivity contribution in [3.63, 3.8) is 0 Å². The molecule has 0 aliphatic carbocycles. The molecule has 100 valence electrons. The summed E-state index contributed by atoms with van der Waals surface area (Å²) in [7, 11) is 1.80. The number of hydrogen-bond acceptors (Lipinski definition) is 3. The largest absolute Gasteiger partial charge is 0.380 e. The van der Waals surface area contributed by atoms with Gasteiger partial charge in [0, 0.05) is 32.4 Å². The third-order valence-electron chi connectivity index (χ3n) is 3.74. The summed E-state index contributed by atoms with van der Waals surface area (Å²) >= 11 is 0. The standard InChI is InChI=1S/C15H24N2O/c1-4-16-10-13-5-6-14(9-12(13)2)17-8-7-15(11-17)18-3/h5-6,9,15-16H,4,7-8,10-11H2,1-3H3. The normalized spacial score (nSPS) is 19.5. The summed E-state index contributed by atoms with van der Waals surface area (Å²) in [6.07, 6.45) is 1.53. The highest BCUT2D eigenvalue weighted by Gasteiger charge is 2.22. The van der Waals surface area contributed by atoms with Crippen LogP contribution in [0.5, 0.6) is 0 Å². The lowest BCUT2D eigenvalue weighted by atomic mass is 10.1. The molecule has 0 amide bonds. The third kappa shape index (κ3) is 3.03. The molecule has 1 heterocycles. The Bertz CT molecular complexity index is 392. The molecule has 1 aromatic rings. The molecule has 0 radical (unpaired) electrons. The Kier molecular flexibility index (Phi) is 4.61. The summed E-state index contributed by atoms with van der Waals surface area (Å²) in [6, 6.07) is 6.77. The number of aryl methyl sites for hydroxylation is 1. The first-order chi connectivity index (χ1) is 8.74. The van der Waals surface area contributed by atoms with Crippen molar-refractivity contribution in [3.8, 4) is 0 Å². The minimum Gasteiger partial charge on any atom is -0.380 e. The molecular weight excluding hydrogens is 224 g/mol. The van der Waals surface area contributed by atoms with Gasteiger partial charge in [-0.25, -0.2) is 0 Å². The second-order valence-electron chi connectivity index (χ2n) is 4.98. The van der Waals surface area contributed by atoms with Gasteiger partial charge < -0.3 is 15.0 Å². The molecule has 1 saturated heterocycles. The van der Waals surface area contributed by atoms with Crippen molar-refractivity contribution in [1.82, 2.24) is 5.32 Å². The van der Waals surface area contributed by atoms with Crippen LogP contribution < -0.4 is 10.2 Å². The van der Waals surface area contributed by atoms with Crippen LogP contribution in [0.15, 0.2) is 18.2 Å². The van der Waals surface area contributed by atoms with E-state index >= 15 is 0 Å². The number of rotatable bonds is 5. The van der Waals surface area contributed by atoms with Crippen molar-refractivity contribution in [1.29, 1.82) is 0 Å². The molecule has 1 N–H and O–H groups in total. The zero-order chi connectivity index (χ0) is 13.0. The number of anilines is 1. The molecule has 1 aliphatic rings. The van der Waals surface area contributed by atoms with Crippen molar-refractivity contribution in [3.05, 3.63) is 29.3 Å². The van der Waals surface area contributed by atoms with Gasteiger partial charge >= 0.3 is 0 Å². The molecule has 1 atom stereocenters. The topological polar surface area (TPSA) is 24.5 Å². The molecule has 1 aliphatic heterocycles. The van der Waals surface area contributed by atoms with Gasteiger partial charge in [-0.3, -0.25) is 0 Å². The first-order valence-electron chi connectivity index (χ1n) is 6.82. The minimum absolute atomic E-state index is 0.395. The Labute approximate surface area is 110 Å². The number of ether oxygens (including phenoxy) is 1. The quantitative estimate of drug-likeness (QED) is 0.865. The van der Waals surface area contributed by atoms with Gasteiger partial charge in [-0.05, 0) is 43.1 Å². The molecule has 1 aromatic carbocycles. The van der Waals surface area contributed by atoms with Gasteiger partial charge in [-0.15, -0.1) is 0 Å². The second-order valence-corrected chi connectivity index (χ2v) is 4.98. The highest BCUT2D eigenvalue weighted by molar-refractivity contribution is 5.51. The first-order valence-corrected chi connectivity index (χ1v) is 6.82. The SMILES string of the molecule is CCNCc1ccc(N2CCC(OC)C2)cc1C. The molecular formula is C15H24N2O. The van der Waals surface area contributed by atoms with Gasteiger partial charge in [0.2, 0.25) is 0 Å². The number of nitrogens with zero attached hydrogens (tertiary/aromatic N) is 1. The van der Waals surface area contributed by atoms with Crippen LogP contribution in [0.2, 0.25) is 0 Å². The predicted molar refractivity (Wildman–Crippen MR) is 76.2 cm³/mol. The smallest absolute Gasteiger partial charge is 0.0762 e. The van der Waals surface area contributed by atoms with Crippen LogP contribution in [0.4, 0.5) is 5.69 Å². The molecule has 0 aromatic heterocycles. The van der Waals surface area contributed by atoms with Gasteiger partial charge in [0.15, 0.2) is 0 Å². The van der Waals surface area contributed by atoms with Crippen LogP contribution in [0.25, 0.3) is 0 Å². The molecule has 1 fully saturated rings. The van der Waals surface area contributed by atoms with Crippen LogP contribution >= 0.6 is 0 Å². The van der Waals surface area contributed by atoms with Gasteiger partial charge in [-0.2, -0.15) is 0 Å². The van der Waals surface area contributed by atoms with Gasteiger partial charge in [0.25, 0.3) is 0 Å². The minimum atomic E-state index is 0.395.